The van der Waals surface area contributed by atoms with Crippen LogP contribution in [0.15, 0.2) is 138 Å². The molecule has 0 saturated carbocycles. The van der Waals surface area contributed by atoms with Gasteiger partial charge >= 0.3 is 0 Å². The molecule has 37 heavy (non-hydrogen) atoms. The van der Waals surface area contributed by atoms with E-state index in [-0.39, 0.29) is 0 Å². The Morgan fingerprint density at radius 3 is 1.51 bits per heavy atom. The molecule has 174 valence electrons. The minimum Gasteiger partial charge on any atom is -0.438 e. The minimum absolute atomic E-state index is 0.602. The van der Waals surface area contributed by atoms with E-state index in [4.69, 9.17) is 14.4 Å². The lowest BCUT2D eigenvalue weighted by molar-refractivity contribution is 0.653. The van der Waals surface area contributed by atoms with E-state index < -0.39 is 0 Å². The predicted octanol–water partition coefficient (Wildman–Crippen LogP) is 9.04. The van der Waals surface area contributed by atoms with Gasteiger partial charge in [-0.2, -0.15) is 4.98 Å². The zero-order chi connectivity index (χ0) is 24.6. The largest absolute Gasteiger partial charge is 0.438 e. The molecule has 2 heterocycles. The van der Waals surface area contributed by atoms with E-state index in [9.17, 15) is 0 Å². The Morgan fingerprint density at radius 1 is 0.405 bits per heavy atom. The number of hydrogen-bond acceptors (Lipinski definition) is 3. The van der Waals surface area contributed by atoms with Crippen LogP contribution < -0.4 is 0 Å². The lowest BCUT2D eigenvalue weighted by Gasteiger charge is -2.08. The maximum atomic E-state index is 6.17. The Bertz CT molecular complexity index is 1840. The van der Waals surface area contributed by atoms with Gasteiger partial charge in [0.15, 0.2) is 5.82 Å². The second-order valence-electron chi connectivity index (χ2n) is 9.06. The number of furan rings is 1. The zero-order valence-electron chi connectivity index (χ0n) is 20.0. The molecule has 0 aliphatic heterocycles. The van der Waals surface area contributed by atoms with E-state index in [1.54, 1.807) is 0 Å². The van der Waals surface area contributed by atoms with Gasteiger partial charge in [-0.25, -0.2) is 4.98 Å². The summed E-state index contributed by atoms with van der Waals surface area (Å²) in [4.78, 5) is 9.88. The van der Waals surface area contributed by atoms with Crippen LogP contribution in [-0.4, -0.2) is 9.97 Å². The SMILES string of the molecule is c1ccc(-c2ccc(-c3ccc(-c4nc(-c5ccccc5)c5c(n4)oc4ccccc45)cc3)cc2)cc1. The van der Waals surface area contributed by atoms with Gasteiger partial charge < -0.3 is 4.42 Å². The molecule has 5 aromatic carbocycles. The molecule has 3 nitrogen and oxygen atoms in total. The molecule has 0 fully saturated rings. The minimum atomic E-state index is 0.602. The Balaban J connectivity index is 1.29. The molecule has 0 spiro atoms. The first kappa shape index (κ1) is 21.3. The van der Waals surface area contributed by atoms with Crippen molar-refractivity contribution in [2.45, 2.75) is 0 Å². The molecule has 0 unspecified atom stereocenters. The molecule has 7 rings (SSSR count). The summed E-state index contributed by atoms with van der Waals surface area (Å²) in [5, 5.41) is 1.97. The average Bonchev–Trinajstić information content (AvgIpc) is 3.36. The fourth-order valence-corrected chi connectivity index (χ4v) is 4.85. The Hall–Kier alpha value is -5.02. The molecular formula is C34H22N2O. The summed E-state index contributed by atoms with van der Waals surface area (Å²) >= 11 is 0. The molecule has 0 radical (unpaired) electrons. The summed E-state index contributed by atoms with van der Waals surface area (Å²) in [5.41, 5.74) is 9.04. The van der Waals surface area contributed by atoms with Crippen LogP contribution in [0.25, 0.3) is 67.0 Å². The number of para-hydroxylation sites is 1. The van der Waals surface area contributed by atoms with Gasteiger partial charge in [0.05, 0.1) is 11.1 Å². The van der Waals surface area contributed by atoms with Gasteiger partial charge in [-0.15, -0.1) is 0 Å². The van der Waals surface area contributed by atoms with Gasteiger partial charge in [-0.3, -0.25) is 0 Å². The van der Waals surface area contributed by atoms with Crippen molar-refractivity contribution in [3.63, 3.8) is 0 Å². The van der Waals surface area contributed by atoms with Crippen molar-refractivity contribution >= 4 is 22.1 Å². The van der Waals surface area contributed by atoms with Crippen molar-refractivity contribution in [3.8, 4) is 44.9 Å². The number of aromatic nitrogens is 2. The third-order valence-electron chi connectivity index (χ3n) is 6.75. The van der Waals surface area contributed by atoms with Gasteiger partial charge in [0.1, 0.15) is 5.58 Å². The van der Waals surface area contributed by atoms with Gasteiger partial charge in [0.25, 0.3) is 0 Å². The Labute approximate surface area is 214 Å². The fraction of sp³-hybridized carbons (Fsp3) is 0. The molecule has 0 aliphatic carbocycles. The quantitative estimate of drug-likeness (QED) is 0.255. The summed E-state index contributed by atoms with van der Waals surface area (Å²) in [5.74, 6) is 0.649. The number of hydrogen-bond donors (Lipinski definition) is 0. The summed E-state index contributed by atoms with van der Waals surface area (Å²) < 4.78 is 6.17. The molecule has 0 N–H and O–H groups in total. The molecule has 0 saturated heterocycles. The van der Waals surface area contributed by atoms with Gasteiger partial charge in [-0.05, 0) is 28.3 Å². The molecule has 7 aromatic rings. The highest BCUT2D eigenvalue weighted by Crippen LogP contribution is 2.36. The summed E-state index contributed by atoms with van der Waals surface area (Å²) in [6.07, 6.45) is 0. The first-order valence-corrected chi connectivity index (χ1v) is 12.3. The van der Waals surface area contributed by atoms with Crippen LogP contribution in [-0.2, 0) is 0 Å². The standard InChI is InChI=1S/C34H22N2O/c1-3-9-23(10-4-1)24-15-17-25(18-16-24)26-19-21-28(22-20-26)33-35-32(27-11-5-2-6-12-27)31-29-13-7-8-14-30(29)37-34(31)36-33/h1-22H. The van der Waals surface area contributed by atoms with E-state index in [1.165, 1.54) is 16.7 Å². The van der Waals surface area contributed by atoms with Crippen LogP contribution >= 0.6 is 0 Å². The third-order valence-corrected chi connectivity index (χ3v) is 6.75. The highest BCUT2D eigenvalue weighted by Gasteiger charge is 2.17. The monoisotopic (exact) mass is 474 g/mol. The molecule has 0 aliphatic rings. The molecule has 0 bridgehead atoms. The average molecular weight is 475 g/mol. The molecule has 0 atom stereocenters. The first-order chi connectivity index (χ1) is 18.3. The maximum absolute atomic E-state index is 6.17. The van der Waals surface area contributed by atoms with E-state index >= 15 is 0 Å². The second-order valence-corrected chi connectivity index (χ2v) is 9.06. The van der Waals surface area contributed by atoms with E-state index in [0.29, 0.717) is 11.5 Å². The van der Waals surface area contributed by atoms with Crippen molar-refractivity contribution in [1.29, 1.82) is 0 Å². The molecule has 3 heteroatoms. The van der Waals surface area contributed by atoms with Crippen LogP contribution in [0.1, 0.15) is 0 Å². The zero-order valence-corrected chi connectivity index (χ0v) is 20.0. The third kappa shape index (κ3) is 3.87. The Kier molecular flexibility index (Phi) is 5.11. The number of rotatable bonds is 4. The van der Waals surface area contributed by atoms with Gasteiger partial charge in [0.2, 0.25) is 5.71 Å². The van der Waals surface area contributed by atoms with Gasteiger partial charge in [0, 0.05) is 16.5 Å². The first-order valence-electron chi connectivity index (χ1n) is 12.3. The van der Waals surface area contributed by atoms with Crippen LogP contribution in [0.2, 0.25) is 0 Å². The number of benzene rings is 5. The highest BCUT2D eigenvalue weighted by molar-refractivity contribution is 6.10. The molecule has 0 amide bonds. The van der Waals surface area contributed by atoms with Gasteiger partial charge in [-0.1, -0.05) is 127 Å². The van der Waals surface area contributed by atoms with Crippen LogP contribution in [0, 0.1) is 0 Å². The topological polar surface area (TPSA) is 38.9 Å². The van der Waals surface area contributed by atoms with Crippen LogP contribution in [0.5, 0.6) is 0 Å². The van der Waals surface area contributed by atoms with Crippen molar-refractivity contribution in [2.24, 2.45) is 0 Å². The fourth-order valence-electron chi connectivity index (χ4n) is 4.85. The second kappa shape index (κ2) is 8.89. The van der Waals surface area contributed by atoms with Crippen molar-refractivity contribution in [2.75, 3.05) is 0 Å². The highest BCUT2D eigenvalue weighted by atomic mass is 16.3. The van der Waals surface area contributed by atoms with E-state index in [1.807, 2.05) is 42.5 Å². The van der Waals surface area contributed by atoms with E-state index in [2.05, 4.69) is 91.0 Å². The van der Waals surface area contributed by atoms with Crippen molar-refractivity contribution in [3.05, 3.63) is 133 Å². The lowest BCUT2D eigenvalue weighted by atomic mass is 9.99. The normalized spacial score (nSPS) is 11.2. The van der Waals surface area contributed by atoms with E-state index in [0.717, 1.165) is 38.7 Å². The number of nitrogens with zero attached hydrogens (tertiary/aromatic N) is 2. The van der Waals surface area contributed by atoms with Crippen molar-refractivity contribution in [1.82, 2.24) is 9.97 Å². The predicted molar refractivity (Wildman–Crippen MR) is 151 cm³/mol. The number of fused-ring (bicyclic) bond motifs is 3. The lowest BCUT2D eigenvalue weighted by Crippen LogP contribution is -1.94. The van der Waals surface area contributed by atoms with Crippen molar-refractivity contribution < 1.29 is 4.42 Å². The summed E-state index contributed by atoms with van der Waals surface area (Å²) in [6.45, 7) is 0. The smallest absolute Gasteiger partial charge is 0.231 e. The summed E-state index contributed by atoms with van der Waals surface area (Å²) in [6, 6.07) is 45.8. The molecule has 2 aromatic heterocycles. The maximum Gasteiger partial charge on any atom is 0.231 e. The summed E-state index contributed by atoms with van der Waals surface area (Å²) in [7, 11) is 0. The van der Waals surface area contributed by atoms with Crippen LogP contribution in [0.4, 0.5) is 0 Å². The Morgan fingerprint density at radius 2 is 0.892 bits per heavy atom. The van der Waals surface area contributed by atoms with Crippen LogP contribution in [0.3, 0.4) is 0 Å². The molecular weight excluding hydrogens is 452 g/mol.